The molecular weight excluding hydrogens is 520 g/mol. The molecule has 0 spiro atoms. The first-order valence-corrected chi connectivity index (χ1v) is 12.2. The molecule has 0 unspecified atom stereocenters. The van der Waals surface area contributed by atoms with Gasteiger partial charge in [0, 0.05) is 29.1 Å². The number of carbonyl (C=O) groups is 2. The van der Waals surface area contributed by atoms with E-state index in [2.05, 4.69) is 9.72 Å². The van der Waals surface area contributed by atoms with Crippen molar-refractivity contribution in [2.24, 2.45) is 0 Å². The first-order chi connectivity index (χ1) is 17.3. The summed E-state index contributed by atoms with van der Waals surface area (Å²) in [6, 6.07) is 6.60. The number of benzene rings is 2. The molecular formula is C24H20F4N2O6S. The van der Waals surface area contributed by atoms with Crippen molar-refractivity contribution in [3.8, 4) is 16.9 Å². The van der Waals surface area contributed by atoms with Gasteiger partial charge in [0.25, 0.3) is 5.91 Å². The van der Waals surface area contributed by atoms with E-state index in [0.717, 1.165) is 36.4 Å². The highest BCUT2D eigenvalue weighted by Gasteiger charge is 2.34. The molecule has 1 amide bonds. The molecule has 2 aromatic carbocycles. The molecule has 0 aliphatic heterocycles. The molecule has 37 heavy (non-hydrogen) atoms. The number of hydrogen-bond acceptors (Lipinski definition) is 7. The van der Waals surface area contributed by atoms with Crippen molar-refractivity contribution < 1.29 is 45.0 Å². The van der Waals surface area contributed by atoms with Crippen LogP contribution in [0.4, 0.5) is 23.2 Å². The molecule has 0 fully saturated rings. The molecule has 3 aromatic rings. The predicted molar refractivity (Wildman–Crippen MR) is 124 cm³/mol. The zero-order chi connectivity index (χ0) is 27.5. The van der Waals surface area contributed by atoms with Crippen molar-refractivity contribution in [1.29, 1.82) is 0 Å². The number of sulfone groups is 1. The number of esters is 1. The lowest BCUT2D eigenvalue weighted by Crippen LogP contribution is -2.37. The van der Waals surface area contributed by atoms with E-state index in [-0.39, 0.29) is 22.6 Å². The lowest BCUT2D eigenvalue weighted by molar-refractivity contribution is -0.139. The Morgan fingerprint density at radius 2 is 1.73 bits per heavy atom. The van der Waals surface area contributed by atoms with Crippen LogP contribution >= 0.6 is 0 Å². The highest BCUT2D eigenvalue weighted by atomic mass is 32.2. The maximum absolute atomic E-state index is 14.1. The van der Waals surface area contributed by atoms with Crippen molar-refractivity contribution in [2.45, 2.75) is 11.1 Å². The molecule has 0 radical (unpaired) electrons. The molecule has 0 bridgehead atoms. The minimum Gasteiger partial charge on any atom is -0.496 e. The van der Waals surface area contributed by atoms with Crippen molar-refractivity contribution in [1.82, 2.24) is 4.98 Å². The quantitative estimate of drug-likeness (QED) is 0.328. The normalized spacial score (nSPS) is 11.6. The predicted octanol–water partition coefficient (Wildman–Crippen LogP) is 4.14. The third kappa shape index (κ3) is 6.23. The van der Waals surface area contributed by atoms with E-state index >= 15 is 0 Å². The highest BCUT2D eigenvalue weighted by Crippen LogP contribution is 2.38. The van der Waals surface area contributed by atoms with E-state index < -0.39 is 56.3 Å². The van der Waals surface area contributed by atoms with Crippen LogP contribution in [0, 0.1) is 5.82 Å². The number of hydrogen-bond donors (Lipinski definition) is 0. The van der Waals surface area contributed by atoms with Gasteiger partial charge in [0.15, 0.2) is 9.84 Å². The Kier molecular flexibility index (Phi) is 7.86. The molecule has 1 aromatic heterocycles. The van der Waals surface area contributed by atoms with Crippen LogP contribution in [0.5, 0.6) is 5.75 Å². The number of amides is 1. The van der Waals surface area contributed by atoms with E-state index in [4.69, 9.17) is 4.74 Å². The topological polar surface area (TPSA) is 103 Å². The Hall–Kier alpha value is -4.00. The number of ether oxygens (including phenoxy) is 2. The largest absolute Gasteiger partial charge is 0.496 e. The molecule has 0 aliphatic rings. The van der Waals surface area contributed by atoms with Crippen LogP contribution in [-0.2, 0) is 25.5 Å². The second-order valence-corrected chi connectivity index (χ2v) is 9.74. The number of halogens is 4. The lowest BCUT2D eigenvalue weighted by atomic mass is 10.0. The summed E-state index contributed by atoms with van der Waals surface area (Å²) in [4.78, 5) is 29.7. The second kappa shape index (κ2) is 10.5. The minimum atomic E-state index is -4.97. The average Bonchev–Trinajstić information content (AvgIpc) is 2.85. The van der Waals surface area contributed by atoms with E-state index in [9.17, 15) is 35.6 Å². The van der Waals surface area contributed by atoms with Crippen LogP contribution in [0.3, 0.4) is 0 Å². The third-order valence-electron chi connectivity index (χ3n) is 5.21. The summed E-state index contributed by atoms with van der Waals surface area (Å²) < 4.78 is 88.8. The summed E-state index contributed by atoms with van der Waals surface area (Å²) in [6.45, 7) is -0.782. The maximum Gasteiger partial charge on any atom is 0.416 e. The van der Waals surface area contributed by atoms with Gasteiger partial charge in [-0.15, -0.1) is 0 Å². The van der Waals surface area contributed by atoms with Crippen LogP contribution in [0.1, 0.15) is 15.9 Å². The molecule has 0 atom stereocenters. The Bertz CT molecular complexity index is 1460. The molecule has 3 rings (SSSR count). The molecule has 8 nitrogen and oxygen atoms in total. The van der Waals surface area contributed by atoms with Crippen molar-refractivity contribution in [3.63, 3.8) is 0 Å². The number of alkyl halides is 3. The molecule has 0 aliphatic carbocycles. The second-order valence-electron chi connectivity index (χ2n) is 7.72. The minimum absolute atomic E-state index is 0.0971. The fourth-order valence-corrected chi connectivity index (χ4v) is 4.12. The fourth-order valence-electron chi connectivity index (χ4n) is 3.44. The number of nitrogens with zero attached hydrogens (tertiary/aromatic N) is 2. The van der Waals surface area contributed by atoms with Crippen molar-refractivity contribution >= 4 is 27.4 Å². The van der Waals surface area contributed by atoms with Crippen LogP contribution in [0.2, 0.25) is 0 Å². The lowest BCUT2D eigenvalue weighted by Gasteiger charge is -2.25. The van der Waals surface area contributed by atoms with E-state index in [0.29, 0.717) is 18.4 Å². The fraction of sp³-hybridized carbons (Fsp3) is 0.208. The molecule has 0 saturated heterocycles. The van der Waals surface area contributed by atoms with Crippen molar-refractivity contribution in [3.05, 3.63) is 71.8 Å². The van der Waals surface area contributed by atoms with Crippen LogP contribution in [-0.4, -0.2) is 52.3 Å². The Morgan fingerprint density at radius 1 is 1.03 bits per heavy atom. The van der Waals surface area contributed by atoms with E-state index in [1.54, 1.807) is 0 Å². The van der Waals surface area contributed by atoms with Gasteiger partial charge < -0.3 is 9.47 Å². The number of rotatable bonds is 7. The van der Waals surface area contributed by atoms with Gasteiger partial charge in [-0.1, -0.05) is 0 Å². The highest BCUT2D eigenvalue weighted by molar-refractivity contribution is 7.90. The Labute approximate surface area is 209 Å². The summed E-state index contributed by atoms with van der Waals surface area (Å²) in [7, 11) is -1.80. The van der Waals surface area contributed by atoms with Gasteiger partial charge in [-0.25, -0.2) is 12.8 Å². The number of carbonyl (C=O) groups excluding carboxylic acids is 2. The van der Waals surface area contributed by atoms with Gasteiger partial charge >= 0.3 is 12.1 Å². The van der Waals surface area contributed by atoms with Gasteiger partial charge in [-0.3, -0.25) is 19.5 Å². The van der Waals surface area contributed by atoms with Gasteiger partial charge in [0.1, 0.15) is 18.1 Å². The molecule has 1 heterocycles. The molecule has 13 heteroatoms. The van der Waals surface area contributed by atoms with Gasteiger partial charge in [-0.2, -0.15) is 13.2 Å². The smallest absolute Gasteiger partial charge is 0.416 e. The summed E-state index contributed by atoms with van der Waals surface area (Å²) >= 11 is 0. The van der Waals surface area contributed by atoms with Gasteiger partial charge in [0.2, 0.25) is 0 Å². The zero-order valence-electron chi connectivity index (χ0n) is 19.7. The van der Waals surface area contributed by atoms with Crippen LogP contribution < -0.4 is 9.64 Å². The summed E-state index contributed by atoms with van der Waals surface area (Å²) in [5.41, 5.74) is -1.84. The van der Waals surface area contributed by atoms with Gasteiger partial charge in [0.05, 0.1) is 36.6 Å². The van der Waals surface area contributed by atoms with Gasteiger partial charge in [-0.05, 0) is 42.5 Å². The number of methoxy groups -OCH3 is 2. The van der Waals surface area contributed by atoms with Crippen LogP contribution in [0.25, 0.3) is 11.1 Å². The number of pyridine rings is 1. The molecule has 0 N–H and O–H groups in total. The first-order valence-electron chi connectivity index (χ1n) is 10.3. The van der Waals surface area contributed by atoms with Crippen molar-refractivity contribution in [2.75, 3.05) is 31.9 Å². The van der Waals surface area contributed by atoms with E-state index in [1.807, 2.05) is 0 Å². The molecule has 0 saturated carbocycles. The summed E-state index contributed by atoms with van der Waals surface area (Å²) in [6.07, 6.45) is -1.82. The standard InChI is InChI=1S/C24H20F4N2O6S/c1-35-21-5-4-16(25)11-19(21)18-6-7-29-12-20(18)30(13-22(31)36-2)23(32)14-8-15(24(26,27)28)10-17(9-14)37(3,33)34/h4-12H,13H2,1-3H3. The number of aromatic nitrogens is 1. The Morgan fingerprint density at radius 3 is 2.32 bits per heavy atom. The monoisotopic (exact) mass is 540 g/mol. The van der Waals surface area contributed by atoms with Crippen LogP contribution in [0.15, 0.2) is 59.8 Å². The zero-order valence-corrected chi connectivity index (χ0v) is 20.5. The average molecular weight is 540 g/mol. The first kappa shape index (κ1) is 27.6. The molecule has 196 valence electrons. The Balaban J connectivity index is 2.27. The van der Waals surface area contributed by atoms with E-state index in [1.165, 1.54) is 25.4 Å². The summed E-state index contributed by atoms with van der Waals surface area (Å²) in [5.74, 6) is -2.56. The number of anilines is 1. The summed E-state index contributed by atoms with van der Waals surface area (Å²) in [5, 5.41) is 0. The SMILES string of the molecule is COC(=O)CN(C(=O)c1cc(C(F)(F)F)cc(S(C)(=O)=O)c1)c1cnccc1-c1cc(F)ccc1OC. The maximum atomic E-state index is 14.1. The third-order valence-corrected chi connectivity index (χ3v) is 6.30.